The zero-order chi connectivity index (χ0) is 13.8. The van der Waals surface area contributed by atoms with E-state index in [0.717, 1.165) is 5.56 Å². The van der Waals surface area contributed by atoms with Crippen LogP contribution in [0.25, 0.3) is 0 Å². The normalized spacial score (nSPS) is 11.1. The highest BCUT2D eigenvalue weighted by molar-refractivity contribution is 5.83. The summed E-state index contributed by atoms with van der Waals surface area (Å²) >= 11 is 0. The van der Waals surface area contributed by atoms with Gasteiger partial charge >= 0.3 is 0 Å². The number of carbonyl (C=O) groups excluding carboxylic acids is 1. The molecule has 0 aromatic heterocycles. The molecule has 0 spiro atoms. The van der Waals surface area contributed by atoms with E-state index in [1.807, 2.05) is 18.2 Å². The van der Waals surface area contributed by atoms with Gasteiger partial charge in [-0.25, -0.2) is 0 Å². The van der Waals surface area contributed by atoms with Crippen molar-refractivity contribution < 1.29 is 14.3 Å². The third-order valence-corrected chi connectivity index (χ3v) is 2.82. The summed E-state index contributed by atoms with van der Waals surface area (Å²) in [6, 6.07) is 5.60. The van der Waals surface area contributed by atoms with Crippen LogP contribution in [0.4, 0.5) is 0 Å². The van der Waals surface area contributed by atoms with Crippen LogP contribution in [0.3, 0.4) is 0 Å². The van der Waals surface area contributed by atoms with Crippen LogP contribution in [0.1, 0.15) is 19.4 Å². The van der Waals surface area contributed by atoms with E-state index in [1.54, 1.807) is 28.1 Å². The van der Waals surface area contributed by atoms with Crippen LogP contribution in [0.2, 0.25) is 0 Å². The second kappa shape index (κ2) is 5.73. The van der Waals surface area contributed by atoms with Gasteiger partial charge in [0.05, 0.1) is 19.8 Å². The molecule has 0 aliphatic carbocycles. The maximum absolute atomic E-state index is 11.2. The quantitative estimate of drug-likeness (QED) is 0.794. The fourth-order valence-corrected chi connectivity index (χ4v) is 1.50. The number of hydrogen-bond donors (Lipinski definition) is 2. The number of amides is 1. The number of hydrogen-bond acceptors (Lipinski definition) is 4. The zero-order valence-electron chi connectivity index (χ0n) is 11.2. The Morgan fingerprint density at radius 1 is 1.33 bits per heavy atom. The predicted octanol–water partition coefficient (Wildman–Crippen LogP) is 1.06. The molecule has 1 rings (SSSR count). The van der Waals surface area contributed by atoms with Crippen LogP contribution in [-0.4, -0.2) is 25.7 Å². The topological polar surface area (TPSA) is 73.6 Å². The van der Waals surface area contributed by atoms with E-state index in [4.69, 9.17) is 15.2 Å². The third kappa shape index (κ3) is 3.13. The SMILES string of the molecule is COc1cccc(CNC(C)(C)C(N)=O)c1OC. The van der Waals surface area contributed by atoms with Gasteiger partial charge in [-0.15, -0.1) is 0 Å². The van der Waals surface area contributed by atoms with Gasteiger partial charge in [-0.2, -0.15) is 0 Å². The van der Waals surface area contributed by atoms with Crippen LogP contribution >= 0.6 is 0 Å². The van der Waals surface area contributed by atoms with E-state index in [-0.39, 0.29) is 0 Å². The molecule has 3 N–H and O–H groups in total. The molecule has 100 valence electrons. The molecule has 0 heterocycles. The summed E-state index contributed by atoms with van der Waals surface area (Å²) in [4.78, 5) is 11.2. The number of carbonyl (C=O) groups is 1. The van der Waals surface area contributed by atoms with E-state index >= 15 is 0 Å². The van der Waals surface area contributed by atoms with Crippen molar-refractivity contribution in [2.75, 3.05) is 14.2 Å². The average molecular weight is 252 g/mol. The Labute approximate surface area is 107 Å². The van der Waals surface area contributed by atoms with Crippen molar-refractivity contribution >= 4 is 5.91 Å². The molecule has 0 atom stereocenters. The number of nitrogens with two attached hydrogens (primary N) is 1. The van der Waals surface area contributed by atoms with Gasteiger partial charge in [-0.3, -0.25) is 10.1 Å². The smallest absolute Gasteiger partial charge is 0.237 e. The number of methoxy groups -OCH3 is 2. The molecule has 0 aliphatic heterocycles. The third-order valence-electron chi connectivity index (χ3n) is 2.82. The second-order valence-electron chi connectivity index (χ2n) is 4.50. The molecule has 0 saturated heterocycles. The van der Waals surface area contributed by atoms with Gasteiger partial charge in [0.2, 0.25) is 5.91 Å². The van der Waals surface area contributed by atoms with Gasteiger partial charge in [-0.1, -0.05) is 12.1 Å². The highest BCUT2D eigenvalue weighted by Gasteiger charge is 2.24. The molecule has 5 heteroatoms. The number of para-hydroxylation sites is 1. The summed E-state index contributed by atoms with van der Waals surface area (Å²) < 4.78 is 10.5. The molecular weight excluding hydrogens is 232 g/mol. The lowest BCUT2D eigenvalue weighted by Crippen LogP contribution is -2.50. The van der Waals surface area contributed by atoms with Gasteiger partial charge in [0, 0.05) is 12.1 Å². The van der Waals surface area contributed by atoms with E-state index in [1.165, 1.54) is 0 Å². The minimum atomic E-state index is -0.770. The molecule has 0 fully saturated rings. The van der Waals surface area contributed by atoms with Crippen molar-refractivity contribution in [1.82, 2.24) is 5.32 Å². The lowest BCUT2D eigenvalue weighted by Gasteiger charge is -2.23. The fourth-order valence-electron chi connectivity index (χ4n) is 1.50. The highest BCUT2D eigenvalue weighted by Crippen LogP contribution is 2.30. The van der Waals surface area contributed by atoms with E-state index in [0.29, 0.717) is 18.0 Å². The summed E-state index contributed by atoms with van der Waals surface area (Å²) in [5.41, 5.74) is 5.44. The van der Waals surface area contributed by atoms with Crippen LogP contribution in [-0.2, 0) is 11.3 Å². The summed E-state index contributed by atoms with van der Waals surface area (Å²) in [6.45, 7) is 3.94. The van der Waals surface area contributed by atoms with E-state index < -0.39 is 11.4 Å². The van der Waals surface area contributed by atoms with Gasteiger partial charge < -0.3 is 15.2 Å². The highest BCUT2D eigenvalue weighted by atomic mass is 16.5. The van der Waals surface area contributed by atoms with Crippen molar-refractivity contribution in [3.8, 4) is 11.5 Å². The first-order chi connectivity index (χ1) is 8.42. The van der Waals surface area contributed by atoms with E-state index in [9.17, 15) is 4.79 Å². The Balaban J connectivity index is 2.88. The Hall–Kier alpha value is -1.75. The van der Waals surface area contributed by atoms with E-state index in [2.05, 4.69) is 5.32 Å². The number of nitrogens with one attached hydrogen (secondary N) is 1. The summed E-state index contributed by atoms with van der Waals surface area (Å²) in [7, 11) is 3.17. The second-order valence-corrected chi connectivity index (χ2v) is 4.50. The fraction of sp³-hybridized carbons (Fsp3) is 0.462. The van der Waals surface area contributed by atoms with Crippen LogP contribution in [0, 0.1) is 0 Å². The standard InChI is InChI=1S/C13H20N2O3/c1-13(2,12(14)16)15-8-9-6-5-7-10(17-3)11(9)18-4/h5-7,15H,8H2,1-4H3,(H2,14,16). The minimum absolute atomic E-state index is 0.399. The number of primary amides is 1. The lowest BCUT2D eigenvalue weighted by molar-refractivity contribution is -0.123. The van der Waals surface area contributed by atoms with Crippen molar-refractivity contribution in [2.45, 2.75) is 25.9 Å². The van der Waals surface area contributed by atoms with Crippen LogP contribution in [0.5, 0.6) is 11.5 Å². The predicted molar refractivity (Wildman–Crippen MR) is 69.7 cm³/mol. The molecule has 1 aromatic carbocycles. The summed E-state index contributed by atoms with van der Waals surface area (Å²) in [5, 5.41) is 3.09. The molecule has 0 radical (unpaired) electrons. The maximum Gasteiger partial charge on any atom is 0.237 e. The molecule has 0 aliphatic rings. The first kappa shape index (κ1) is 14.3. The Kier molecular flexibility index (Phi) is 4.55. The molecule has 0 bridgehead atoms. The minimum Gasteiger partial charge on any atom is -0.493 e. The van der Waals surface area contributed by atoms with Gasteiger partial charge in [-0.05, 0) is 19.9 Å². The van der Waals surface area contributed by atoms with Gasteiger partial charge in [0.15, 0.2) is 11.5 Å². The monoisotopic (exact) mass is 252 g/mol. The summed E-state index contributed by atoms with van der Waals surface area (Å²) in [6.07, 6.45) is 0. The van der Waals surface area contributed by atoms with Gasteiger partial charge in [0.1, 0.15) is 0 Å². The van der Waals surface area contributed by atoms with Crippen molar-refractivity contribution in [3.63, 3.8) is 0 Å². The molecule has 0 unspecified atom stereocenters. The number of ether oxygens (including phenoxy) is 2. The first-order valence-electron chi connectivity index (χ1n) is 5.67. The maximum atomic E-state index is 11.2. The molecule has 18 heavy (non-hydrogen) atoms. The van der Waals surface area contributed by atoms with Crippen molar-refractivity contribution in [3.05, 3.63) is 23.8 Å². The van der Waals surface area contributed by atoms with Gasteiger partial charge in [0.25, 0.3) is 0 Å². The van der Waals surface area contributed by atoms with Crippen LogP contribution < -0.4 is 20.5 Å². The molecular formula is C13H20N2O3. The molecule has 1 amide bonds. The molecule has 1 aromatic rings. The Morgan fingerprint density at radius 3 is 2.50 bits per heavy atom. The molecule has 5 nitrogen and oxygen atoms in total. The lowest BCUT2D eigenvalue weighted by atomic mass is 10.0. The van der Waals surface area contributed by atoms with Crippen LogP contribution in [0.15, 0.2) is 18.2 Å². The average Bonchev–Trinajstić information content (AvgIpc) is 2.35. The number of benzene rings is 1. The Bertz CT molecular complexity index is 430. The number of rotatable bonds is 6. The largest absolute Gasteiger partial charge is 0.493 e. The first-order valence-corrected chi connectivity index (χ1v) is 5.67. The zero-order valence-corrected chi connectivity index (χ0v) is 11.2. The van der Waals surface area contributed by atoms with Crippen molar-refractivity contribution in [1.29, 1.82) is 0 Å². The van der Waals surface area contributed by atoms with Crippen molar-refractivity contribution in [2.24, 2.45) is 5.73 Å². The summed E-state index contributed by atoms with van der Waals surface area (Å²) in [5.74, 6) is 0.922. The molecule has 0 saturated carbocycles. The Morgan fingerprint density at radius 2 is 2.00 bits per heavy atom.